The second-order valence-electron chi connectivity index (χ2n) is 8.81. The van der Waals surface area contributed by atoms with Crippen molar-refractivity contribution >= 4 is 23.3 Å². The number of hydrogen-bond donors (Lipinski definition) is 2. The number of nitrogens with one attached hydrogen (secondary N) is 2. The summed E-state index contributed by atoms with van der Waals surface area (Å²) in [7, 11) is 3.47. The predicted octanol–water partition coefficient (Wildman–Crippen LogP) is 4.97. The van der Waals surface area contributed by atoms with Crippen LogP contribution in [0.15, 0.2) is 58.5 Å². The number of likely N-dealkylation sites (N-methyl/N-ethyl adjacent to an activating group) is 1. The minimum absolute atomic E-state index is 0.160. The zero-order valence-electron chi connectivity index (χ0n) is 22.4. The molecular weight excluding hydrogens is 492 g/mol. The molecule has 10 heteroatoms. The molecule has 3 heterocycles. The van der Waals surface area contributed by atoms with Crippen molar-refractivity contribution in [2.75, 3.05) is 32.6 Å². The van der Waals surface area contributed by atoms with E-state index in [4.69, 9.17) is 30.9 Å². The van der Waals surface area contributed by atoms with E-state index in [0.717, 1.165) is 30.6 Å². The summed E-state index contributed by atoms with van der Waals surface area (Å²) in [5.74, 6) is 2.40. The maximum atomic E-state index is 6.23. The van der Waals surface area contributed by atoms with Crippen LogP contribution < -0.4 is 20.1 Å². The number of methoxy groups -OCH3 is 1. The van der Waals surface area contributed by atoms with Gasteiger partial charge in [0.05, 0.1) is 13.2 Å². The highest BCUT2D eigenvalue weighted by Gasteiger charge is 2.32. The number of ether oxygens (including phenoxy) is 2. The fourth-order valence-corrected chi connectivity index (χ4v) is 3.86. The lowest BCUT2D eigenvalue weighted by molar-refractivity contribution is -0.0699. The van der Waals surface area contributed by atoms with Crippen molar-refractivity contribution in [3.05, 3.63) is 64.8 Å². The number of rotatable bonds is 9. The highest BCUT2D eigenvalue weighted by Crippen LogP contribution is 2.28. The summed E-state index contributed by atoms with van der Waals surface area (Å²) in [6, 6.07) is 3.87. The number of aromatic nitrogens is 2. The molecule has 1 aromatic heterocycles. The van der Waals surface area contributed by atoms with Gasteiger partial charge in [-0.25, -0.2) is 15.0 Å². The van der Waals surface area contributed by atoms with Crippen LogP contribution in [0, 0.1) is 13.8 Å². The molecule has 37 heavy (non-hydrogen) atoms. The lowest BCUT2D eigenvalue weighted by atomic mass is 10.2. The van der Waals surface area contributed by atoms with Crippen molar-refractivity contribution in [1.82, 2.24) is 20.3 Å². The van der Waals surface area contributed by atoms with Gasteiger partial charge in [0.25, 0.3) is 0 Å². The first-order valence-corrected chi connectivity index (χ1v) is 12.7. The summed E-state index contributed by atoms with van der Waals surface area (Å²) >= 11 is 6.01. The van der Waals surface area contributed by atoms with Gasteiger partial charge in [-0.1, -0.05) is 17.7 Å². The third-order valence-corrected chi connectivity index (χ3v) is 5.88. The van der Waals surface area contributed by atoms with Gasteiger partial charge in [0.1, 0.15) is 18.8 Å². The monoisotopic (exact) mass is 528 g/mol. The Morgan fingerprint density at radius 1 is 1.27 bits per heavy atom. The van der Waals surface area contributed by atoms with Crippen LogP contribution in [0.2, 0.25) is 0 Å². The summed E-state index contributed by atoms with van der Waals surface area (Å²) in [6.07, 6.45) is 11.0. The number of hydrogen-bond acceptors (Lipinski definition) is 9. The van der Waals surface area contributed by atoms with Gasteiger partial charge in [-0.05, 0) is 76.9 Å². The van der Waals surface area contributed by atoms with E-state index in [1.54, 1.807) is 12.2 Å². The van der Waals surface area contributed by atoms with E-state index >= 15 is 0 Å². The first-order valence-electron chi connectivity index (χ1n) is 12.3. The first-order chi connectivity index (χ1) is 17.8. The van der Waals surface area contributed by atoms with E-state index in [1.165, 1.54) is 6.33 Å². The van der Waals surface area contributed by atoms with Gasteiger partial charge in [-0.3, -0.25) is 0 Å². The van der Waals surface area contributed by atoms with Crippen molar-refractivity contribution in [3.8, 4) is 11.5 Å². The Kier molecular flexibility index (Phi) is 10.7. The molecule has 1 aromatic rings. The molecule has 0 aromatic carbocycles. The maximum absolute atomic E-state index is 6.23. The smallest absolute Gasteiger partial charge is 0.228 e. The zero-order valence-corrected chi connectivity index (χ0v) is 23.2. The number of nitrogens with zero attached hydrogens (tertiary/aromatic N) is 4. The van der Waals surface area contributed by atoms with Crippen molar-refractivity contribution in [2.45, 2.75) is 52.7 Å². The van der Waals surface area contributed by atoms with Crippen LogP contribution in [0.5, 0.6) is 11.5 Å². The van der Waals surface area contributed by atoms with Crippen LogP contribution >= 0.6 is 11.6 Å². The van der Waals surface area contributed by atoms with Crippen molar-refractivity contribution in [3.63, 3.8) is 0 Å². The number of aryl methyl sites for hydroxylation is 2. The lowest BCUT2D eigenvalue weighted by Gasteiger charge is -2.18. The average Bonchev–Trinajstić information content (AvgIpc) is 3.52. The molecule has 200 valence electrons. The van der Waals surface area contributed by atoms with Gasteiger partial charge in [0.15, 0.2) is 17.7 Å². The Morgan fingerprint density at radius 3 is 2.76 bits per heavy atom. The lowest BCUT2D eigenvalue weighted by Crippen LogP contribution is -2.34. The Morgan fingerprint density at radius 2 is 2.08 bits per heavy atom. The van der Waals surface area contributed by atoms with Crippen LogP contribution in [-0.2, 0) is 4.84 Å². The Balaban J connectivity index is 1.92. The van der Waals surface area contributed by atoms with Crippen LogP contribution in [0.3, 0.4) is 0 Å². The number of hydroxylamine groups is 2. The van der Waals surface area contributed by atoms with Crippen LogP contribution in [0.25, 0.3) is 0 Å². The summed E-state index contributed by atoms with van der Waals surface area (Å²) < 4.78 is 12.0. The minimum atomic E-state index is -0.272. The third-order valence-electron chi connectivity index (χ3n) is 5.75. The first kappa shape index (κ1) is 28.4. The SMILES string of the molecule is C/C=C/C(=C\C=C(/C)Cl)Nc1ncnc(C)cc(OCC2N=C(C3CCCN3)ON2C)c(OC)cc1C. The Labute approximate surface area is 224 Å². The molecule has 2 atom stereocenters. The largest absolute Gasteiger partial charge is 0.493 e. The molecule has 0 amide bonds. The molecule has 2 N–H and O–H groups in total. The van der Waals surface area contributed by atoms with Crippen LogP contribution in [0.4, 0.5) is 5.82 Å². The summed E-state index contributed by atoms with van der Waals surface area (Å²) in [5.41, 5.74) is 2.36. The molecule has 0 aliphatic carbocycles. The van der Waals surface area contributed by atoms with Crippen molar-refractivity contribution in [2.24, 2.45) is 4.99 Å². The van der Waals surface area contributed by atoms with Crippen molar-refractivity contribution in [1.29, 1.82) is 0 Å². The van der Waals surface area contributed by atoms with Gasteiger partial charge in [-0.15, -0.1) is 5.06 Å². The molecule has 2 aliphatic rings. The van der Waals surface area contributed by atoms with E-state index in [2.05, 4.69) is 20.6 Å². The fourth-order valence-electron chi connectivity index (χ4n) is 3.79. The second kappa shape index (κ2) is 14.0. The highest BCUT2D eigenvalue weighted by atomic mass is 35.5. The molecule has 0 radical (unpaired) electrons. The normalized spacial score (nSPS) is 20.5. The minimum Gasteiger partial charge on any atom is -0.493 e. The van der Waals surface area contributed by atoms with Gasteiger partial charge in [0.2, 0.25) is 5.90 Å². The van der Waals surface area contributed by atoms with Gasteiger partial charge in [-0.2, -0.15) is 0 Å². The standard InChI is InChI=1S/C27H37ClN6O3/c1-7-9-21(12-11-19(3)28)32-26-18(2)14-23(35-6)24(15-20(4)30-17-31-26)36-16-25-33-27(37-34(25)5)22-10-8-13-29-22/h7,9,11-12,14-15,17,22,25,29H,8,10,13,16H2,1-6H3,(H,30,31,32)/b9-7+,19-11+,21-12+. The fraction of sp³-hybridized carbons (Fsp3) is 0.444. The van der Waals surface area contributed by atoms with Gasteiger partial charge < -0.3 is 24.9 Å². The number of halogens is 1. The summed E-state index contributed by atoms with van der Waals surface area (Å²) in [6.45, 7) is 8.85. The summed E-state index contributed by atoms with van der Waals surface area (Å²) in [4.78, 5) is 19.6. The molecule has 9 nitrogen and oxygen atoms in total. The number of allylic oxidation sites excluding steroid dienone is 5. The van der Waals surface area contributed by atoms with Crippen molar-refractivity contribution < 1.29 is 14.3 Å². The topological polar surface area (TPSA) is 93.1 Å². The third kappa shape index (κ3) is 8.45. The molecule has 0 spiro atoms. The van der Waals surface area contributed by atoms with E-state index in [1.807, 2.05) is 71.2 Å². The number of aliphatic imine (C=N–C) groups is 1. The van der Waals surface area contributed by atoms with Crippen LogP contribution in [0.1, 0.15) is 37.9 Å². The van der Waals surface area contributed by atoms with Gasteiger partial charge in [0, 0.05) is 29.5 Å². The molecule has 3 rings (SSSR count). The van der Waals surface area contributed by atoms with E-state index in [9.17, 15) is 0 Å². The molecule has 0 bridgehead atoms. The predicted molar refractivity (Wildman–Crippen MR) is 148 cm³/mol. The maximum Gasteiger partial charge on any atom is 0.228 e. The van der Waals surface area contributed by atoms with E-state index < -0.39 is 0 Å². The summed E-state index contributed by atoms with van der Waals surface area (Å²) in [5, 5.41) is 9.16. The molecular formula is C27H37ClN6O3. The zero-order chi connectivity index (χ0) is 26.8. The van der Waals surface area contributed by atoms with Gasteiger partial charge >= 0.3 is 0 Å². The molecule has 2 unspecified atom stereocenters. The Bertz CT molecular complexity index is 1120. The number of anilines is 1. The molecule has 2 aliphatic heterocycles. The van der Waals surface area contributed by atoms with E-state index in [-0.39, 0.29) is 18.8 Å². The molecule has 1 fully saturated rings. The molecule has 0 saturated carbocycles. The highest BCUT2D eigenvalue weighted by molar-refractivity contribution is 6.29. The molecule has 1 saturated heterocycles. The average molecular weight is 529 g/mol. The van der Waals surface area contributed by atoms with E-state index in [0.29, 0.717) is 33.9 Å². The van der Waals surface area contributed by atoms with Crippen LogP contribution in [-0.4, -0.2) is 60.4 Å². The Hall–Kier alpha value is -3.14. The second-order valence-corrected chi connectivity index (χ2v) is 9.41. The quantitative estimate of drug-likeness (QED) is 0.434.